The van der Waals surface area contributed by atoms with Crippen LogP contribution in [0.1, 0.15) is 5.56 Å². The highest BCUT2D eigenvalue weighted by atomic mass is 32.2. The van der Waals surface area contributed by atoms with Crippen LogP contribution in [-0.4, -0.2) is 29.4 Å². The van der Waals surface area contributed by atoms with Crippen molar-refractivity contribution in [1.29, 1.82) is 0 Å². The fourth-order valence-corrected chi connectivity index (χ4v) is 2.96. The van der Waals surface area contributed by atoms with Gasteiger partial charge in [-0.05, 0) is 23.8 Å². The Morgan fingerprint density at radius 2 is 1.92 bits per heavy atom. The van der Waals surface area contributed by atoms with E-state index in [0.717, 1.165) is 5.69 Å². The molecule has 0 saturated carbocycles. The highest BCUT2D eigenvalue weighted by molar-refractivity contribution is 7.98. The van der Waals surface area contributed by atoms with Crippen molar-refractivity contribution in [3.63, 3.8) is 0 Å². The zero-order valence-corrected chi connectivity index (χ0v) is 14.6. The van der Waals surface area contributed by atoms with Gasteiger partial charge >= 0.3 is 0 Å². The number of hydrogen-bond acceptors (Lipinski definition) is 6. The first-order valence-electron chi connectivity index (χ1n) is 7.47. The number of H-pyrrole nitrogens is 1. The number of methoxy groups -OCH3 is 2. The maximum atomic E-state index is 13.6. The number of aromatic nitrogens is 3. The standard InChI is InChI=1S/C17H17FN4O2S/c1-23-14-8-7-12(9-15(14)24-2)19-16-20-17(22-21-16)25-10-11-5-3-4-6-13(11)18/h3-9H,10H2,1-2H3,(H2,19,20,21,22). The van der Waals surface area contributed by atoms with Crippen LogP contribution >= 0.6 is 11.8 Å². The molecule has 0 aliphatic carbocycles. The zero-order chi connectivity index (χ0) is 17.6. The van der Waals surface area contributed by atoms with Gasteiger partial charge < -0.3 is 14.8 Å². The molecule has 8 heteroatoms. The van der Waals surface area contributed by atoms with Gasteiger partial charge in [-0.25, -0.2) is 4.39 Å². The summed E-state index contributed by atoms with van der Waals surface area (Å²) in [6, 6.07) is 12.1. The maximum Gasteiger partial charge on any atom is 0.247 e. The molecular formula is C17H17FN4O2S. The molecule has 0 atom stereocenters. The number of ether oxygens (including phenoxy) is 2. The largest absolute Gasteiger partial charge is 0.493 e. The Labute approximate surface area is 148 Å². The number of thioether (sulfide) groups is 1. The van der Waals surface area contributed by atoms with Gasteiger partial charge in [-0.3, -0.25) is 5.10 Å². The van der Waals surface area contributed by atoms with Gasteiger partial charge in [0.05, 0.1) is 14.2 Å². The SMILES string of the molecule is COc1ccc(Nc2n[nH]c(SCc3ccccc3F)n2)cc1OC. The molecule has 0 fully saturated rings. The maximum absolute atomic E-state index is 13.6. The van der Waals surface area contributed by atoms with Crippen molar-refractivity contribution in [2.45, 2.75) is 10.9 Å². The van der Waals surface area contributed by atoms with E-state index in [1.165, 1.54) is 17.8 Å². The van der Waals surface area contributed by atoms with Crippen molar-refractivity contribution in [1.82, 2.24) is 15.2 Å². The van der Waals surface area contributed by atoms with Gasteiger partial charge in [0.2, 0.25) is 5.95 Å². The van der Waals surface area contributed by atoms with Crippen LogP contribution in [0.3, 0.4) is 0 Å². The third-order valence-electron chi connectivity index (χ3n) is 3.43. The lowest BCUT2D eigenvalue weighted by atomic mass is 10.2. The molecule has 1 aromatic heterocycles. The Morgan fingerprint density at radius 3 is 2.68 bits per heavy atom. The number of anilines is 2. The zero-order valence-electron chi connectivity index (χ0n) is 13.7. The highest BCUT2D eigenvalue weighted by Crippen LogP contribution is 2.31. The number of halogens is 1. The minimum atomic E-state index is -0.224. The van der Waals surface area contributed by atoms with Crippen molar-refractivity contribution in [3.8, 4) is 11.5 Å². The minimum absolute atomic E-state index is 0.224. The lowest BCUT2D eigenvalue weighted by Gasteiger charge is -2.09. The first kappa shape index (κ1) is 17.1. The van der Waals surface area contributed by atoms with E-state index in [1.54, 1.807) is 38.5 Å². The van der Waals surface area contributed by atoms with Crippen LogP contribution in [0.5, 0.6) is 11.5 Å². The molecular weight excluding hydrogens is 343 g/mol. The Kier molecular flexibility index (Phi) is 5.39. The summed E-state index contributed by atoms with van der Waals surface area (Å²) in [6.45, 7) is 0. The predicted octanol–water partition coefficient (Wildman–Crippen LogP) is 4.00. The smallest absolute Gasteiger partial charge is 0.247 e. The number of nitrogens with zero attached hydrogens (tertiary/aromatic N) is 2. The number of rotatable bonds is 7. The predicted molar refractivity (Wildman–Crippen MR) is 95.2 cm³/mol. The molecule has 0 saturated heterocycles. The second-order valence-electron chi connectivity index (χ2n) is 5.04. The fourth-order valence-electron chi connectivity index (χ4n) is 2.17. The molecule has 3 aromatic rings. The van der Waals surface area contributed by atoms with Gasteiger partial charge in [0.15, 0.2) is 16.7 Å². The van der Waals surface area contributed by atoms with Crippen LogP contribution in [0.15, 0.2) is 47.6 Å². The molecule has 0 aliphatic heterocycles. The molecule has 2 aromatic carbocycles. The van der Waals surface area contributed by atoms with Crippen LogP contribution < -0.4 is 14.8 Å². The summed E-state index contributed by atoms with van der Waals surface area (Å²) in [6.07, 6.45) is 0. The van der Waals surface area contributed by atoms with Crippen molar-refractivity contribution in [3.05, 3.63) is 53.8 Å². The van der Waals surface area contributed by atoms with Crippen LogP contribution in [0.25, 0.3) is 0 Å². The van der Waals surface area contributed by atoms with Crippen LogP contribution in [0.4, 0.5) is 16.0 Å². The Morgan fingerprint density at radius 1 is 1.12 bits per heavy atom. The summed E-state index contributed by atoms with van der Waals surface area (Å²) in [5.41, 5.74) is 1.39. The molecule has 25 heavy (non-hydrogen) atoms. The number of hydrogen-bond donors (Lipinski definition) is 2. The molecule has 0 bridgehead atoms. The van der Waals surface area contributed by atoms with Crippen molar-refractivity contribution < 1.29 is 13.9 Å². The van der Waals surface area contributed by atoms with Crippen molar-refractivity contribution in [2.75, 3.05) is 19.5 Å². The summed E-state index contributed by atoms with van der Waals surface area (Å²) in [5, 5.41) is 10.6. The number of benzene rings is 2. The average Bonchev–Trinajstić information content (AvgIpc) is 3.08. The Hall–Kier alpha value is -2.74. The molecule has 1 heterocycles. The summed E-state index contributed by atoms with van der Waals surface area (Å²) in [5.74, 6) is 1.92. The van der Waals surface area contributed by atoms with Crippen LogP contribution in [0, 0.1) is 5.82 Å². The minimum Gasteiger partial charge on any atom is -0.493 e. The average molecular weight is 360 g/mol. The second-order valence-corrected chi connectivity index (χ2v) is 6.00. The molecule has 0 radical (unpaired) electrons. The molecule has 3 rings (SSSR count). The van der Waals surface area contributed by atoms with E-state index in [-0.39, 0.29) is 5.82 Å². The molecule has 0 aliphatic rings. The quantitative estimate of drug-likeness (QED) is 0.621. The van der Waals surface area contributed by atoms with Gasteiger partial charge in [-0.15, -0.1) is 5.10 Å². The van der Waals surface area contributed by atoms with E-state index >= 15 is 0 Å². The summed E-state index contributed by atoms with van der Waals surface area (Å²) in [7, 11) is 3.16. The van der Waals surface area contributed by atoms with Gasteiger partial charge in [-0.1, -0.05) is 30.0 Å². The Balaban J connectivity index is 1.65. The van der Waals surface area contributed by atoms with Crippen LogP contribution in [-0.2, 0) is 5.75 Å². The van der Waals surface area contributed by atoms with E-state index < -0.39 is 0 Å². The lowest BCUT2D eigenvalue weighted by molar-refractivity contribution is 0.355. The summed E-state index contributed by atoms with van der Waals surface area (Å²) < 4.78 is 24.1. The van der Waals surface area contributed by atoms with Gasteiger partial charge in [0.25, 0.3) is 0 Å². The number of nitrogens with one attached hydrogen (secondary N) is 2. The molecule has 130 valence electrons. The van der Waals surface area contributed by atoms with Crippen molar-refractivity contribution in [2.24, 2.45) is 0 Å². The van der Waals surface area contributed by atoms with E-state index in [0.29, 0.717) is 33.9 Å². The molecule has 0 unspecified atom stereocenters. The van der Waals surface area contributed by atoms with Crippen molar-refractivity contribution >= 4 is 23.4 Å². The van der Waals surface area contributed by atoms with Gasteiger partial charge in [0, 0.05) is 17.5 Å². The summed E-state index contributed by atoms with van der Waals surface area (Å²) in [4.78, 5) is 4.34. The van der Waals surface area contributed by atoms with E-state index in [4.69, 9.17) is 9.47 Å². The van der Waals surface area contributed by atoms with Gasteiger partial charge in [0.1, 0.15) is 5.82 Å². The topological polar surface area (TPSA) is 72.1 Å². The third kappa shape index (κ3) is 4.21. The fraction of sp³-hybridized carbons (Fsp3) is 0.176. The normalized spacial score (nSPS) is 10.5. The summed E-state index contributed by atoms with van der Waals surface area (Å²) >= 11 is 1.38. The third-order valence-corrected chi connectivity index (χ3v) is 4.34. The second kappa shape index (κ2) is 7.89. The van der Waals surface area contributed by atoms with Crippen LogP contribution in [0.2, 0.25) is 0 Å². The molecule has 6 nitrogen and oxygen atoms in total. The van der Waals surface area contributed by atoms with Gasteiger partial charge in [-0.2, -0.15) is 4.98 Å². The molecule has 0 amide bonds. The van der Waals surface area contributed by atoms with E-state index in [9.17, 15) is 4.39 Å². The molecule has 0 spiro atoms. The Bertz CT molecular complexity index is 856. The number of aromatic amines is 1. The lowest BCUT2D eigenvalue weighted by Crippen LogP contribution is -1.95. The monoisotopic (exact) mass is 360 g/mol. The highest BCUT2D eigenvalue weighted by Gasteiger charge is 2.09. The first-order chi connectivity index (χ1) is 12.2. The first-order valence-corrected chi connectivity index (χ1v) is 8.46. The molecule has 2 N–H and O–H groups in total. The van der Waals surface area contributed by atoms with E-state index in [2.05, 4.69) is 20.5 Å². The van der Waals surface area contributed by atoms with E-state index in [1.807, 2.05) is 12.1 Å².